The van der Waals surface area contributed by atoms with Crippen molar-refractivity contribution < 1.29 is 9.47 Å². The van der Waals surface area contributed by atoms with Gasteiger partial charge in [0.15, 0.2) is 17.0 Å². The highest BCUT2D eigenvalue weighted by Gasteiger charge is 2.19. The van der Waals surface area contributed by atoms with Gasteiger partial charge in [-0.3, -0.25) is 0 Å². The summed E-state index contributed by atoms with van der Waals surface area (Å²) >= 11 is 0. The first-order valence-electron chi connectivity index (χ1n) is 10.0. The molecule has 0 radical (unpaired) electrons. The van der Waals surface area contributed by atoms with Crippen molar-refractivity contribution in [3.8, 4) is 23.1 Å². The Labute approximate surface area is 175 Å². The molecule has 0 saturated heterocycles. The van der Waals surface area contributed by atoms with E-state index >= 15 is 0 Å². The van der Waals surface area contributed by atoms with Crippen molar-refractivity contribution in [1.29, 1.82) is 0 Å². The Hall–Kier alpha value is -3.61. The maximum atomic E-state index is 6.24. The summed E-state index contributed by atoms with van der Waals surface area (Å²) in [7, 11) is 1.65. The molecule has 7 heteroatoms. The number of aromatic nitrogens is 4. The van der Waals surface area contributed by atoms with Crippen LogP contribution in [-0.2, 0) is 6.54 Å². The van der Waals surface area contributed by atoms with Crippen LogP contribution in [0.4, 0.5) is 5.82 Å². The van der Waals surface area contributed by atoms with Crippen molar-refractivity contribution in [2.45, 2.75) is 26.3 Å². The average molecular weight is 403 g/mol. The minimum absolute atomic E-state index is 0.278. The molecule has 0 aliphatic carbocycles. The molecule has 4 aromatic rings. The number of fused-ring (bicyclic) bond motifs is 1. The highest BCUT2D eigenvalue weighted by atomic mass is 16.5. The lowest BCUT2D eigenvalue weighted by Gasteiger charge is -2.11. The van der Waals surface area contributed by atoms with E-state index in [2.05, 4.69) is 29.0 Å². The van der Waals surface area contributed by atoms with Crippen LogP contribution >= 0.6 is 0 Å². The number of rotatable bonds is 8. The zero-order valence-electron chi connectivity index (χ0n) is 17.2. The number of nitrogens with two attached hydrogens (primary N) is 1. The minimum atomic E-state index is 0.278. The van der Waals surface area contributed by atoms with Crippen LogP contribution in [0.1, 0.15) is 25.3 Å². The molecule has 2 aromatic heterocycles. The molecule has 0 amide bonds. The molecule has 0 bridgehead atoms. The van der Waals surface area contributed by atoms with E-state index < -0.39 is 0 Å². The van der Waals surface area contributed by atoms with Gasteiger partial charge in [0, 0.05) is 5.56 Å². The van der Waals surface area contributed by atoms with E-state index in [-0.39, 0.29) is 6.01 Å². The summed E-state index contributed by atoms with van der Waals surface area (Å²) in [6.07, 6.45) is 1.96. The molecule has 0 fully saturated rings. The normalized spacial score (nSPS) is 11.0. The molecule has 0 saturated carbocycles. The Morgan fingerprint density at radius 1 is 1.00 bits per heavy atom. The second kappa shape index (κ2) is 8.82. The third-order valence-electron chi connectivity index (χ3n) is 4.84. The van der Waals surface area contributed by atoms with E-state index in [0.29, 0.717) is 30.1 Å². The fourth-order valence-corrected chi connectivity index (χ4v) is 3.27. The van der Waals surface area contributed by atoms with Gasteiger partial charge < -0.3 is 19.8 Å². The second-order valence-electron chi connectivity index (χ2n) is 7.00. The number of unbranched alkanes of at least 4 members (excludes halogenated alkanes) is 1. The number of benzene rings is 2. The van der Waals surface area contributed by atoms with Gasteiger partial charge in [-0.2, -0.15) is 9.97 Å². The number of ether oxygens (including phenoxy) is 2. The first-order valence-corrected chi connectivity index (χ1v) is 10.0. The lowest BCUT2D eigenvalue weighted by atomic mass is 10.2. The van der Waals surface area contributed by atoms with Gasteiger partial charge in [-0.1, -0.05) is 55.8 Å². The molecule has 0 aliphatic heterocycles. The van der Waals surface area contributed by atoms with Crippen LogP contribution in [-0.4, -0.2) is 33.2 Å². The number of methoxy groups -OCH3 is 1. The van der Waals surface area contributed by atoms with Gasteiger partial charge in [0.2, 0.25) is 0 Å². The van der Waals surface area contributed by atoms with E-state index in [0.717, 1.165) is 35.5 Å². The van der Waals surface area contributed by atoms with E-state index in [9.17, 15) is 0 Å². The van der Waals surface area contributed by atoms with E-state index in [1.54, 1.807) is 7.11 Å². The Balaban J connectivity index is 1.86. The monoisotopic (exact) mass is 403 g/mol. The van der Waals surface area contributed by atoms with Crippen molar-refractivity contribution in [2.24, 2.45) is 0 Å². The highest BCUT2D eigenvalue weighted by Crippen LogP contribution is 2.30. The number of hydrogen-bond acceptors (Lipinski definition) is 6. The number of nitrogen functional groups attached to an aromatic ring is 1. The molecular formula is C23H25N5O2. The lowest BCUT2D eigenvalue weighted by molar-refractivity contribution is 0.286. The topological polar surface area (TPSA) is 88.1 Å². The van der Waals surface area contributed by atoms with Crippen molar-refractivity contribution in [1.82, 2.24) is 19.5 Å². The van der Waals surface area contributed by atoms with Gasteiger partial charge in [-0.05, 0) is 24.1 Å². The summed E-state index contributed by atoms with van der Waals surface area (Å²) in [4.78, 5) is 13.7. The SMILES string of the molecule is CCCCOc1nc(N)c2nc(-c3cccc(OC)c3)n(Cc3ccccc3)c2n1. The van der Waals surface area contributed by atoms with E-state index in [1.807, 2.05) is 47.0 Å². The van der Waals surface area contributed by atoms with Crippen molar-refractivity contribution in [2.75, 3.05) is 19.5 Å². The van der Waals surface area contributed by atoms with Crippen molar-refractivity contribution >= 4 is 17.0 Å². The molecule has 0 atom stereocenters. The summed E-state index contributed by atoms with van der Waals surface area (Å²) in [5, 5.41) is 0. The standard InChI is InChI=1S/C23H25N5O2/c1-3-4-13-30-23-26-20(24)19-22(27-23)28(15-16-9-6-5-7-10-16)21(25-19)17-11-8-12-18(14-17)29-2/h5-12,14H,3-4,13,15H2,1-2H3,(H2,24,26,27). The summed E-state index contributed by atoms with van der Waals surface area (Å²) in [5.41, 5.74) is 9.49. The fourth-order valence-electron chi connectivity index (χ4n) is 3.27. The van der Waals surface area contributed by atoms with Gasteiger partial charge in [-0.15, -0.1) is 0 Å². The minimum Gasteiger partial charge on any atom is -0.497 e. The summed E-state index contributed by atoms with van der Waals surface area (Å²) < 4.78 is 13.2. The predicted molar refractivity (Wildman–Crippen MR) is 118 cm³/mol. The molecule has 2 N–H and O–H groups in total. The van der Waals surface area contributed by atoms with Gasteiger partial charge in [0.1, 0.15) is 11.6 Å². The molecule has 4 rings (SSSR count). The van der Waals surface area contributed by atoms with Crippen LogP contribution in [0, 0.1) is 0 Å². The second-order valence-corrected chi connectivity index (χ2v) is 7.00. The van der Waals surface area contributed by atoms with Crippen LogP contribution < -0.4 is 15.2 Å². The van der Waals surface area contributed by atoms with Crippen molar-refractivity contribution in [3.63, 3.8) is 0 Å². The first-order chi connectivity index (χ1) is 14.7. The molecule has 30 heavy (non-hydrogen) atoms. The van der Waals surface area contributed by atoms with E-state index in [1.165, 1.54) is 0 Å². The van der Waals surface area contributed by atoms with E-state index in [4.69, 9.17) is 20.2 Å². The summed E-state index contributed by atoms with van der Waals surface area (Å²) in [6.45, 7) is 3.25. The third-order valence-corrected chi connectivity index (χ3v) is 4.84. The summed E-state index contributed by atoms with van der Waals surface area (Å²) in [5.74, 6) is 1.82. The Bertz CT molecular complexity index is 1140. The zero-order chi connectivity index (χ0) is 20.9. The van der Waals surface area contributed by atoms with Gasteiger partial charge in [0.05, 0.1) is 20.3 Å². The quantitative estimate of drug-likeness (QED) is 0.441. The average Bonchev–Trinajstić information content (AvgIpc) is 3.14. The molecule has 2 aromatic carbocycles. The van der Waals surface area contributed by atoms with Crippen LogP contribution in [0.5, 0.6) is 11.8 Å². The molecule has 154 valence electrons. The predicted octanol–water partition coefficient (Wildman–Crippen LogP) is 4.31. The number of hydrogen-bond donors (Lipinski definition) is 1. The Kier molecular flexibility index (Phi) is 5.79. The van der Waals surface area contributed by atoms with Crippen molar-refractivity contribution in [3.05, 3.63) is 60.2 Å². The van der Waals surface area contributed by atoms with Gasteiger partial charge in [-0.25, -0.2) is 4.98 Å². The third kappa shape index (κ3) is 4.05. The number of nitrogens with zero attached hydrogens (tertiary/aromatic N) is 4. The Morgan fingerprint density at radius 3 is 2.60 bits per heavy atom. The first kappa shape index (κ1) is 19.7. The molecule has 7 nitrogen and oxygen atoms in total. The number of imidazole rings is 1. The van der Waals surface area contributed by atoms with Crippen LogP contribution in [0.2, 0.25) is 0 Å². The molecule has 0 aliphatic rings. The molecule has 2 heterocycles. The molecular weight excluding hydrogens is 378 g/mol. The largest absolute Gasteiger partial charge is 0.497 e. The number of anilines is 1. The van der Waals surface area contributed by atoms with Crippen LogP contribution in [0.3, 0.4) is 0 Å². The maximum absolute atomic E-state index is 6.24. The Morgan fingerprint density at radius 2 is 1.83 bits per heavy atom. The van der Waals surface area contributed by atoms with Gasteiger partial charge >= 0.3 is 6.01 Å². The summed E-state index contributed by atoms with van der Waals surface area (Å²) in [6, 6.07) is 18.2. The van der Waals surface area contributed by atoms with Crippen LogP contribution in [0.25, 0.3) is 22.6 Å². The highest BCUT2D eigenvalue weighted by molar-refractivity contribution is 5.86. The maximum Gasteiger partial charge on any atom is 0.320 e. The lowest BCUT2D eigenvalue weighted by Crippen LogP contribution is -2.07. The molecule has 0 spiro atoms. The van der Waals surface area contributed by atoms with Gasteiger partial charge in [0.25, 0.3) is 0 Å². The molecule has 0 unspecified atom stereocenters. The fraction of sp³-hybridized carbons (Fsp3) is 0.261. The zero-order valence-corrected chi connectivity index (χ0v) is 17.2. The smallest absolute Gasteiger partial charge is 0.320 e. The van der Waals surface area contributed by atoms with Crippen LogP contribution in [0.15, 0.2) is 54.6 Å².